The molecule has 0 aliphatic carbocycles. The number of aliphatic carboxylic acids is 1. The maximum absolute atomic E-state index is 11.7. The second kappa shape index (κ2) is 25.6. The molecule has 17 nitrogen and oxygen atoms in total. The van der Waals surface area contributed by atoms with E-state index in [4.69, 9.17) is 33.5 Å². The first kappa shape index (κ1) is 38.9. The summed E-state index contributed by atoms with van der Waals surface area (Å²) in [6.45, 7) is 7.30. The van der Waals surface area contributed by atoms with Crippen LogP contribution in [0, 0.1) is 0 Å². The number of hydrogen-bond donors (Lipinski definition) is 5. The number of carboxylic acid groups (broad SMARTS) is 1. The van der Waals surface area contributed by atoms with Gasteiger partial charge in [0.05, 0.1) is 52.9 Å². The molecule has 4 amide bonds. The van der Waals surface area contributed by atoms with Gasteiger partial charge in [-0.05, 0) is 20.8 Å². The number of rotatable bonds is 26. The van der Waals surface area contributed by atoms with Crippen molar-refractivity contribution in [2.24, 2.45) is 0 Å². The summed E-state index contributed by atoms with van der Waals surface area (Å²) in [7, 11) is 0. The van der Waals surface area contributed by atoms with E-state index in [1.54, 1.807) is 20.8 Å². The Bertz CT molecular complexity index is 778. The molecule has 5 N–H and O–H groups in total. The van der Waals surface area contributed by atoms with Crippen LogP contribution in [0.5, 0.6) is 0 Å². The van der Waals surface area contributed by atoms with Crippen LogP contribution in [-0.4, -0.2) is 146 Å². The number of ether oxygens (including phenoxy) is 7. The number of carbonyl (C=O) groups is 5. The Kier molecular flexibility index (Phi) is 23.7. The average molecular weight is 611 g/mol. The van der Waals surface area contributed by atoms with Gasteiger partial charge in [0.25, 0.3) is 0 Å². The second-order valence-corrected chi connectivity index (χ2v) is 9.31. The van der Waals surface area contributed by atoms with E-state index < -0.39 is 36.1 Å². The molecule has 0 aliphatic heterocycles. The lowest BCUT2D eigenvalue weighted by atomic mass is 10.2. The maximum atomic E-state index is 11.7. The molecule has 0 atom stereocenters. The van der Waals surface area contributed by atoms with Crippen LogP contribution in [0.1, 0.15) is 20.8 Å². The molecule has 0 aromatic heterocycles. The molecule has 0 aromatic carbocycles. The molecule has 0 spiro atoms. The van der Waals surface area contributed by atoms with Gasteiger partial charge in [-0.15, -0.1) is 0 Å². The standard InChI is InChI=1S/C25H46N4O13/c1-25(2,3)42-24(35)29-7-11-39-15-14-38-9-5-27-21(31)17-40-16-20(30)26-4-8-36-12-13-37-10-6-28-22(32)18-41-19-23(33)34/h4-19H2,1-3H3,(H,26,30)(H,27,31)(H,28,32)(H,29,35)(H,33,34). The maximum Gasteiger partial charge on any atom is 0.407 e. The number of hydrogen-bond acceptors (Lipinski definition) is 12. The zero-order chi connectivity index (χ0) is 31.5. The third-order valence-electron chi connectivity index (χ3n) is 4.29. The van der Waals surface area contributed by atoms with Crippen molar-refractivity contribution in [3.8, 4) is 0 Å². The predicted octanol–water partition coefficient (Wildman–Crippen LogP) is -1.96. The van der Waals surface area contributed by atoms with Gasteiger partial charge in [0.1, 0.15) is 32.0 Å². The molecule has 0 saturated carbocycles. The van der Waals surface area contributed by atoms with Crippen molar-refractivity contribution in [2.75, 3.05) is 105 Å². The topological polar surface area (TPSA) is 218 Å². The van der Waals surface area contributed by atoms with Crippen molar-refractivity contribution in [3.63, 3.8) is 0 Å². The molecule has 0 aliphatic rings. The molecule has 0 radical (unpaired) electrons. The molecule has 0 saturated heterocycles. The van der Waals surface area contributed by atoms with Crippen molar-refractivity contribution in [2.45, 2.75) is 26.4 Å². The summed E-state index contributed by atoms with van der Waals surface area (Å²) >= 11 is 0. The Morgan fingerprint density at radius 2 is 0.833 bits per heavy atom. The van der Waals surface area contributed by atoms with Crippen molar-refractivity contribution < 1.29 is 62.2 Å². The molecule has 42 heavy (non-hydrogen) atoms. The van der Waals surface area contributed by atoms with Crippen LogP contribution in [-0.2, 0) is 52.3 Å². The SMILES string of the molecule is CC(C)(C)OC(=O)NCCOCCOCCNC(=O)COCC(=O)NCCOCCOCCNC(=O)COCC(=O)O. The van der Waals surface area contributed by atoms with Gasteiger partial charge in [-0.2, -0.15) is 0 Å². The molecule has 0 unspecified atom stereocenters. The average Bonchev–Trinajstić information content (AvgIpc) is 2.89. The normalized spacial score (nSPS) is 11.0. The highest BCUT2D eigenvalue weighted by atomic mass is 16.6. The van der Waals surface area contributed by atoms with Crippen LogP contribution in [0.3, 0.4) is 0 Å². The van der Waals surface area contributed by atoms with Gasteiger partial charge in [-0.25, -0.2) is 9.59 Å². The minimum atomic E-state index is -1.15. The van der Waals surface area contributed by atoms with E-state index in [0.29, 0.717) is 26.4 Å². The molecule has 0 heterocycles. The third-order valence-corrected chi connectivity index (χ3v) is 4.29. The smallest absolute Gasteiger partial charge is 0.407 e. The minimum Gasteiger partial charge on any atom is -0.480 e. The predicted molar refractivity (Wildman–Crippen MR) is 146 cm³/mol. The molecule has 17 heteroatoms. The highest BCUT2D eigenvalue weighted by Crippen LogP contribution is 2.06. The Balaban J connectivity index is 3.41. The number of nitrogens with one attached hydrogen (secondary N) is 4. The van der Waals surface area contributed by atoms with E-state index >= 15 is 0 Å². The first-order valence-corrected chi connectivity index (χ1v) is 13.4. The largest absolute Gasteiger partial charge is 0.480 e. The molecule has 0 bridgehead atoms. The van der Waals surface area contributed by atoms with E-state index in [1.807, 2.05) is 0 Å². The first-order chi connectivity index (χ1) is 20.0. The highest BCUT2D eigenvalue weighted by Gasteiger charge is 2.15. The lowest BCUT2D eigenvalue weighted by Crippen LogP contribution is -2.35. The van der Waals surface area contributed by atoms with Gasteiger partial charge < -0.3 is 59.5 Å². The first-order valence-electron chi connectivity index (χ1n) is 13.4. The van der Waals surface area contributed by atoms with Crippen LogP contribution < -0.4 is 21.3 Å². The molecular formula is C25H46N4O13. The van der Waals surface area contributed by atoms with Gasteiger partial charge in [0.2, 0.25) is 17.7 Å². The van der Waals surface area contributed by atoms with Crippen LogP contribution in [0.4, 0.5) is 4.79 Å². The van der Waals surface area contributed by atoms with Crippen molar-refractivity contribution in [1.82, 2.24) is 21.3 Å². The minimum absolute atomic E-state index is 0.242. The van der Waals surface area contributed by atoms with E-state index in [2.05, 4.69) is 26.0 Å². The van der Waals surface area contributed by atoms with Gasteiger partial charge in [0, 0.05) is 26.2 Å². The van der Waals surface area contributed by atoms with E-state index in [0.717, 1.165) is 0 Å². The number of amides is 4. The van der Waals surface area contributed by atoms with Gasteiger partial charge in [-0.3, -0.25) is 14.4 Å². The Labute approximate surface area is 245 Å². The van der Waals surface area contributed by atoms with Crippen molar-refractivity contribution in [1.29, 1.82) is 0 Å². The fourth-order valence-corrected chi connectivity index (χ4v) is 2.59. The lowest BCUT2D eigenvalue weighted by Gasteiger charge is -2.19. The van der Waals surface area contributed by atoms with Crippen LogP contribution in [0.2, 0.25) is 0 Å². The number of carbonyl (C=O) groups excluding carboxylic acids is 4. The molecular weight excluding hydrogens is 564 g/mol. The molecule has 0 aromatic rings. The zero-order valence-electron chi connectivity index (χ0n) is 24.7. The fourth-order valence-electron chi connectivity index (χ4n) is 2.59. The summed E-state index contributed by atoms with van der Waals surface area (Å²) in [4.78, 5) is 56.5. The van der Waals surface area contributed by atoms with Gasteiger partial charge >= 0.3 is 12.1 Å². The second-order valence-electron chi connectivity index (χ2n) is 9.31. The summed E-state index contributed by atoms with van der Waals surface area (Å²) in [6, 6.07) is 0. The summed E-state index contributed by atoms with van der Waals surface area (Å²) < 4.78 is 36.0. The van der Waals surface area contributed by atoms with Crippen LogP contribution in [0.15, 0.2) is 0 Å². The highest BCUT2D eigenvalue weighted by molar-refractivity contribution is 5.79. The van der Waals surface area contributed by atoms with Gasteiger partial charge in [0.15, 0.2) is 0 Å². The molecule has 244 valence electrons. The van der Waals surface area contributed by atoms with E-state index in [-0.39, 0.29) is 78.4 Å². The molecule has 0 rings (SSSR count). The summed E-state index contributed by atoms with van der Waals surface area (Å²) in [5.74, 6) is -2.37. The number of alkyl carbamates (subject to hydrolysis) is 1. The van der Waals surface area contributed by atoms with Crippen LogP contribution >= 0.6 is 0 Å². The Morgan fingerprint density at radius 1 is 0.500 bits per heavy atom. The van der Waals surface area contributed by atoms with Crippen molar-refractivity contribution >= 4 is 29.8 Å². The van der Waals surface area contributed by atoms with E-state index in [9.17, 15) is 24.0 Å². The summed E-state index contributed by atoms with van der Waals surface area (Å²) in [5.41, 5.74) is -0.553. The summed E-state index contributed by atoms with van der Waals surface area (Å²) in [6.07, 6.45) is -0.503. The Hall–Kier alpha value is -3.09. The van der Waals surface area contributed by atoms with Gasteiger partial charge in [-0.1, -0.05) is 0 Å². The lowest BCUT2D eigenvalue weighted by molar-refractivity contribution is -0.143. The fraction of sp³-hybridized carbons (Fsp3) is 0.800. The summed E-state index contributed by atoms with van der Waals surface area (Å²) in [5, 5.41) is 18.7. The monoisotopic (exact) mass is 610 g/mol. The van der Waals surface area contributed by atoms with Crippen molar-refractivity contribution in [3.05, 3.63) is 0 Å². The third kappa shape index (κ3) is 29.9. The number of carboxylic acids is 1. The zero-order valence-corrected chi connectivity index (χ0v) is 24.7. The molecule has 0 fully saturated rings. The quantitative estimate of drug-likeness (QED) is 0.0673. The Morgan fingerprint density at radius 3 is 1.17 bits per heavy atom. The van der Waals surface area contributed by atoms with Crippen LogP contribution in [0.25, 0.3) is 0 Å². The van der Waals surface area contributed by atoms with E-state index in [1.165, 1.54) is 0 Å².